The van der Waals surface area contributed by atoms with Crippen LogP contribution in [0.4, 0.5) is 15.0 Å². The summed E-state index contributed by atoms with van der Waals surface area (Å²) >= 11 is 9.25. The van der Waals surface area contributed by atoms with Gasteiger partial charge in [-0.2, -0.15) is 4.98 Å². The Morgan fingerprint density at radius 2 is 2.07 bits per heavy atom. The van der Waals surface area contributed by atoms with E-state index in [1.807, 2.05) is 39.6 Å². The van der Waals surface area contributed by atoms with Crippen LogP contribution in [0.2, 0.25) is 5.28 Å². The van der Waals surface area contributed by atoms with Gasteiger partial charge in [-0.25, -0.2) is 14.2 Å². The lowest BCUT2D eigenvalue weighted by Crippen LogP contribution is -2.45. The van der Waals surface area contributed by atoms with Crippen LogP contribution in [0.5, 0.6) is 0 Å². The van der Waals surface area contributed by atoms with Crippen molar-refractivity contribution in [1.29, 1.82) is 0 Å². The lowest BCUT2D eigenvalue weighted by atomic mass is 10.1. The van der Waals surface area contributed by atoms with E-state index in [-0.39, 0.29) is 29.0 Å². The van der Waals surface area contributed by atoms with Crippen LogP contribution < -0.4 is 4.90 Å². The fraction of sp³-hybridized carbons (Fsp3) is 0.526. The lowest BCUT2D eigenvalue weighted by molar-refractivity contribution is 0.0233. The molecule has 1 aromatic heterocycles. The van der Waals surface area contributed by atoms with Crippen molar-refractivity contribution in [3.8, 4) is 0 Å². The lowest BCUT2D eigenvalue weighted by Gasteiger charge is -2.33. The standard InChI is InChI=1S/C19H23BrClFN4O2/c1-10-13(8-9-26(10)18(27)28-19(2,3)4)25(5)16-11-6-7-12(20)14(22)15(11)23-17(21)24-16/h6-7,10,13H,8-9H2,1-5H3/t10-,13-/m1/s1. The second-order valence-electron chi connectivity index (χ2n) is 7.96. The second kappa shape index (κ2) is 7.63. The number of nitrogens with zero attached hydrogens (tertiary/aromatic N) is 4. The third-order valence-corrected chi connectivity index (χ3v) is 5.67. The average molecular weight is 474 g/mol. The van der Waals surface area contributed by atoms with Crippen LogP contribution in [-0.2, 0) is 4.74 Å². The molecular weight excluding hydrogens is 451 g/mol. The van der Waals surface area contributed by atoms with Crippen molar-refractivity contribution in [3.63, 3.8) is 0 Å². The summed E-state index contributed by atoms with van der Waals surface area (Å²) in [5.41, 5.74) is -0.395. The maximum absolute atomic E-state index is 14.5. The third-order valence-electron chi connectivity index (χ3n) is 4.89. The smallest absolute Gasteiger partial charge is 0.410 e. The van der Waals surface area contributed by atoms with Crippen LogP contribution in [0.1, 0.15) is 34.1 Å². The van der Waals surface area contributed by atoms with Gasteiger partial charge in [0.2, 0.25) is 5.28 Å². The van der Waals surface area contributed by atoms with Crippen molar-refractivity contribution in [2.45, 2.75) is 51.8 Å². The van der Waals surface area contributed by atoms with Crippen molar-refractivity contribution >= 4 is 50.3 Å². The number of halogens is 3. The van der Waals surface area contributed by atoms with Crippen molar-refractivity contribution in [3.05, 3.63) is 27.7 Å². The van der Waals surface area contributed by atoms with E-state index in [0.29, 0.717) is 22.2 Å². The molecule has 1 aliphatic heterocycles. The van der Waals surface area contributed by atoms with E-state index < -0.39 is 11.4 Å². The SMILES string of the molecule is C[C@@H]1[C@H](N(C)c2nc(Cl)nc3c(F)c(Br)ccc23)CCN1C(=O)OC(C)(C)C. The highest BCUT2D eigenvalue weighted by atomic mass is 79.9. The van der Waals surface area contributed by atoms with Crippen LogP contribution in [0.25, 0.3) is 10.9 Å². The third kappa shape index (κ3) is 4.03. The first-order chi connectivity index (χ1) is 13.0. The zero-order valence-corrected chi connectivity index (χ0v) is 18.8. The minimum absolute atomic E-state index is 0.0200. The van der Waals surface area contributed by atoms with Gasteiger partial charge in [-0.3, -0.25) is 0 Å². The van der Waals surface area contributed by atoms with Gasteiger partial charge in [-0.1, -0.05) is 0 Å². The number of carbonyl (C=O) groups is 1. The molecule has 9 heteroatoms. The molecule has 28 heavy (non-hydrogen) atoms. The zero-order chi connectivity index (χ0) is 20.8. The summed E-state index contributed by atoms with van der Waals surface area (Å²) < 4.78 is 20.3. The molecule has 1 fully saturated rings. The van der Waals surface area contributed by atoms with Crippen LogP contribution in [-0.4, -0.2) is 52.2 Å². The highest BCUT2D eigenvalue weighted by Gasteiger charge is 2.39. The molecule has 0 bridgehead atoms. The number of hydrogen-bond donors (Lipinski definition) is 0. The van der Waals surface area contributed by atoms with Gasteiger partial charge in [-0.05, 0) is 73.8 Å². The molecule has 0 spiro atoms. The van der Waals surface area contributed by atoms with Gasteiger partial charge in [0.05, 0.1) is 16.6 Å². The van der Waals surface area contributed by atoms with Crippen molar-refractivity contribution in [1.82, 2.24) is 14.9 Å². The molecule has 0 N–H and O–H groups in total. The number of rotatable bonds is 2. The van der Waals surface area contributed by atoms with Crippen molar-refractivity contribution in [2.24, 2.45) is 0 Å². The summed E-state index contributed by atoms with van der Waals surface area (Å²) in [6, 6.07) is 3.25. The van der Waals surface area contributed by atoms with Gasteiger partial charge in [0, 0.05) is 19.0 Å². The second-order valence-corrected chi connectivity index (χ2v) is 9.15. The number of fused-ring (bicyclic) bond motifs is 1. The molecule has 6 nitrogen and oxygen atoms in total. The predicted molar refractivity (Wildman–Crippen MR) is 111 cm³/mol. The molecule has 0 unspecified atom stereocenters. The zero-order valence-electron chi connectivity index (χ0n) is 16.5. The maximum Gasteiger partial charge on any atom is 0.410 e. The first kappa shape index (κ1) is 21.0. The largest absolute Gasteiger partial charge is 0.444 e. The summed E-state index contributed by atoms with van der Waals surface area (Å²) in [5, 5.41) is 0.538. The van der Waals surface area contributed by atoms with Crippen LogP contribution >= 0.6 is 27.5 Å². The number of ether oxygens (including phenoxy) is 1. The summed E-state index contributed by atoms with van der Waals surface area (Å²) in [6.07, 6.45) is 0.399. The summed E-state index contributed by atoms with van der Waals surface area (Å²) in [7, 11) is 1.87. The monoisotopic (exact) mass is 472 g/mol. The first-order valence-electron chi connectivity index (χ1n) is 9.03. The van der Waals surface area contributed by atoms with E-state index in [1.165, 1.54) is 0 Å². The molecule has 1 aromatic carbocycles. The Morgan fingerprint density at radius 1 is 1.39 bits per heavy atom. The predicted octanol–water partition coefficient (Wildman–Crippen LogP) is 5.02. The number of anilines is 1. The number of carbonyl (C=O) groups excluding carboxylic acids is 1. The molecule has 3 rings (SSSR count). The highest BCUT2D eigenvalue weighted by molar-refractivity contribution is 9.10. The van der Waals surface area contributed by atoms with Gasteiger partial charge in [0.25, 0.3) is 0 Å². The summed E-state index contributed by atoms with van der Waals surface area (Å²) in [6.45, 7) is 8.08. The van der Waals surface area contributed by atoms with Crippen LogP contribution in [0.15, 0.2) is 16.6 Å². The first-order valence-corrected chi connectivity index (χ1v) is 10.2. The molecule has 2 atom stereocenters. The minimum atomic E-state index is -0.553. The topological polar surface area (TPSA) is 58.6 Å². The number of likely N-dealkylation sites (N-methyl/N-ethyl adjacent to an activating group) is 1. The van der Waals surface area contributed by atoms with E-state index in [2.05, 4.69) is 25.9 Å². The van der Waals surface area contributed by atoms with E-state index in [0.717, 1.165) is 6.42 Å². The molecule has 152 valence electrons. The molecule has 0 radical (unpaired) electrons. The maximum atomic E-state index is 14.5. The normalized spacial score (nSPS) is 19.9. The van der Waals surface area contributed by atoms with E-state index in [9.17, 15) is 9.18 Å². The quantitative estimate of drug-likeness (QED) is 0.573. The van der Waals surface area contributed by atoms with Gasteiger partial charge < -0.3 is 14.5 Å². The Labute approximate surface area is 177 Å². The van der Waals surface area contributed by atoms with Crippen molar-refractivity contribution in [2.75, 3.05) is 18.5 Å². The Kier molecular flexibility index (Phi) is 5.74. The van der Waals surface area contributed by atoms with Gasteiger partial charge in [0.1, 0.15) is 16.9 Å². The molecule has 2 aromatic rings. The fourth-order valence-electron chi connectivity index (χ4n) is 3.54. The molecule has 1 amide bonds. The van der Waals surface area contributed by atoms with Gasteiger partial charge in [-0.15, -0.1) is 0 Å². The molecular formula is C19H23BrClFN4O2. The minimum Gasteiger partial charge on any atom is -0.444 e. The van der Waals surface area contributed by atoms with Crippen LogP contribution in [0.3, 0.4) is 0 Å². The molecule has 1 saturated heterocycles. The Morgan fingerprint density at radius 3 is 2.71 bits per heavy atom. The van der Waals surface area contributed by atoms with Gasteiger partial charge >= 0.3 is 6.09 Å². The average Bonchev–Trinajstić information content (AvgIpc) is 2.97. The highest BCUT2D eigenvalue weighted by Crippen LogP contribution is 2.34. The molecule has 1 aliphatic rings. The van der Waals surface area contributed by atoms with Crippen LogP contribution in [0, 0.1) is 5.82 Å². The number of hydrogen-bond acceptors (Lipinski definition) is 5. The van der Waals surface area contributed by atoms with Crippen molar-refractivity contribution < 1.29 is 13.9 Å². The summed E-state index contributed by atoms with van der Waals surface area (Å²) in [4.78, 5) is 24.6. The Bertz CT molecular complexity index is 921. The van der Waals surface area contributed by atoms with Gasteiger partial charge in [0.15, 0.2) is 5.82 Å². The molecule has 2 heterocycles. The summed E-state index contributed by atoms with van der Waals surface area (Å²) in [5.74, 6) is 0.0515. The van der Waals surface area contributed by atoms with E-state index in [1.54, 1.807) is 17.0 Å². The number of aromatic nitrogens is 2. The van der Waals surface area contributed by atoms with E-state index in [4.69, 9.17) is 16.3 Å². The Hall–Kier alpha value is -1.67. The van der Waals surface area contributed by atoms with E-state index >= 15 is 0 Å². The number of likely N-dealkylation sites (tertiary alicyclic amines) is 1. The fourth-order valence-corrected chi connectivity index (χ4v) is 4.02. The number of benzene rings is 1. The number of amides is 1. The Balaban J connectivity index is 1.92. The molecule has 0 aliphatic carbocycles. The molecule has 0 saturated carbocycles.